The van der Waals surface area contributed by atoms with Crippen molar-refractivity contribution in [3.05, 3.63) is 88.9 Å². The number of benzene rings is 1. The van der Waals surface area contributed by atoms with Crippen molar-refractivity contribution >= 4 is 5.91 Å². The first kappa shape index (κ1) is 17.9. The van der Waals surface area contributed by atoms with Gasteiger partial charge in [-0.3, -0.25) is 9.78 Å². The van der Waals surface area contributed by atoms with Crippen molar-refractivity contribution in [1.82, 2.24) is 10.3 Å². The number of nitrogens with one attached hydrogen (secondary N) is 1. The number of hydrogen-bond acceptors (Lipinski definition) is 3. The molecule has 1 atom stereocenters. The molecule has 0 fully saturated rings. The van der Waals surface area contributed by atoms with Crippen molar-refractivity contribution in [2.24, 2.45) is 0 Å². The van der Waals surface area contributed by atoms with Crippen LogP contribution in [0.1, 0.15) is 45.4 Å². The molecule has 1 amide bonds. The number of amides is 1. The van der Waals surface area contributed by atoms with Gasteiger partial charge in [0, 0.05) is 29.4 Å². The molecule has 0 aliphatic rings. The fraction of sp³-hybridized carbons (Fsp3) is 0.238. The van der Waals surface area contributed by atoms with Gasteiger partial charge in [-0.1, -0.05) is 12.1 Å². The highest BCUT2D eigenvalue weighted by Crippen LogP contribution is 2.28. The molecule has 5 heteroatoms. The molecule has 0 spiro atoms. The molecule has 2 heterocycles. The van der Waals surface area contributed by atoms with Crippen LogP contribution in [-0.2, 0) is 0 Å². The minimum atomic E-state index is -0.274. The molecular weight excluding hydrogens is 331 g/mol. The Labute approximate surface area is 152 Å². The zero-order chi connectivity index (χ0) is 18.5. The molecule has 1 aromatic carbocycles. The van der Waals surface area contributed by atoms with Crippen molar-refractivity contribution < 1.29 is 13.6 Å². The quantitative estimate of drug-likeness (QED) is 0.716. The highest BCUT2D eigenvalue weighted by molar-refractivity contribution is 5.94. The average Bonchev–Trinajstić information content (AvgIpc) is 3.13. The molecule has 0 saturated carbocycles. The first-order valence-electron chi connectivity index (χ1n) is 8.55. The molecule has 0 bridgehead atoms. The molecule has 1 N–H and O–H groups in total. The summed E-state index contributed by atoms with van der Waals surface area (Å²) in [5, 5.41) is 2.94. The molecule has 0 radical (unpaired) electrons. The second-order valence-electron chi connectivity index (χ2n) is 6.30. The Morgan fingerprint density at radius 2 is 1.85 bits per heavy atom. The molecule has 0 aliphatic heterocycles. The number of hydrogen-bond donors (Lipinski definition) is 1. The lowest BCUT2D eigenvalue weighted by Gasteiger charge is -2.16. The molecule has 134 valence electrons. The van der Waals surface area contributed by atoms with Gasteiger partial charge in [0.2, 0.25) is 0 Å². The van der Waals surface area contributed by atoms with E-state index in [0.29, 0.717) is 18.5 Å². The number of pyridine rings is 1. The normalized spacial score (nSPS) is 12.0. The lowest BCUT2D eigenvalue weighted by molar-refractivity contribution is 0.0952. The van der Waals surface area contributed by atoms with Gasteiger partial charge in [-0.15, -0.1) is 0 Å². The number of carbonyl (C=O) groups is 1. The summed E-state index contributed by atoms with van der Waals surface area (Å²) in [5.74, 6) is 0.341. The lowest BCUT2D eigenvalue weighted by atomic mass is 9.93. The largest absolute Gasteiger partial charge is 0.469 e. The molecule has 4 nitrogen and oxygen atoms in total. The van der Waals surface area contributed by atoms with Crippen LogP contribution < -0.4 is 5.32 Å². The maximum Gasteiger partial charge on any atom is 0.251 e. The summed E-state index contributed by atoms with van der Waals surface area (Å²) < 4.78 is 18.8. The predicted octanol–water partition coefficient (Wildman–Crippen LogP) is 4.38. The van der Waals surface area contributed by atoms with Gasteiger partial charge in [0.25, 0.3) is 5.91 Å². The summed E-state index contributed by atoms with van der Waals surface area (Å²) in [5.41, 5.74) is 3.18. The lowest BCUT2D eigenvalue weighted by Crippen LogP contribution is -2.26. The number of nitrogens with zero attached hydrogens (tertiary/aromatic N) is 1. The SMILES string of the molecule is Cc1cc(C(=O)NCCC(c2ccc(F)cc2)c2ccco2)cc(C)n1. The van der Waals surface area contributed by atoms with Gasteiger partial charge >= 0.3 is 0 Å². The van der Waals surface area contributed by atoms with E-state index in [4.69, 9.17) is 4.42 Å². The summed E-state index contributed by atoms with van der Waals surface area (Å²) in [4.78, 5) is 16.7. The van der Waals surface area contributed by atoms with E-state index in [-0.39, 0.29) is 17.6 Å². The monoisotopic (exact) mass is 352 g/mol. The van der Waals surface area contributed by atoms with Crippen LogP contribution in [-0.4, -0.2) is 17.4 Å². The third-order valence-corrected chi connectivity index (χ3v) is 4.22. The van der Waals surface area contributed by atoms with Crippen molar-refractivity contribution in [2.75, 3.05) is 6.54 Å². The molecular formula is C21H21FN2O2. The van der Waals surface area contributed by atoms with E-state index in [1.807, 2.05) is 26.0 Å². The van der Waals surface area contributed by atoms with Crippen LogP contribution in [0.25, 0.3) is 0 Å². The minimum Gasteiger partial charge on any atom is -0.469 e. The summed E-state index contributed by atoms with van der Waals surface area (Å²) >= 11 is 0. The number of carbonyl (C=O) groups excluding carboxylic acids is 1. The Hall–Kier alpha value is -2.95. The van der Waals surface area contributed by atoms with Gasteiger partial charge in [0.1, 0.15) is 11.6 Å². The van der Waals surface area contributed by atoms with Crippen LogP contribution >= 0.6 is 0 Å². The zero-order valence-corrected chi connectivity index (χ0v) is 14.8. The van der Waals surface area contributed by atoms with Gasteiger partial charge in [-0.2, -0.15) is 0 Å². The Morgan fingerprint density at radius 1 is 1.15 bits per heavy atom. The van der Waals surface area contributed by atoms with Crippen molar-refractivity contribution in [2.45, 2.75) is 26.2 Å². The Balaban J connectivity index is 1.68. The molecule has 0 saturated heterocycles. The summed E-state index contributed by atoms with van der Waals surface area (Å²) in [6.07, 6.45) is 2.26. The van der Waals surface area contributed by atoms with E-state index >= 15 is 0 Å². The van der Waals surface area contributed by atoms with E-state index in [2.05, 4.69) is 10.3 Å². The first-order valence-corrected chi connectivity index (χ1v) is 8.55. The van der Waals surface area contributed by atoms with Gasteiger partial charge in [-0.25, -0.2) is 4.39 Å². The van der Waals surface area contributed by atoms with Crippen molar-refractivity contribution in [3.8, 4) is 0 Å². The number of furan rings is 1. The molecule has 3 rings (SSSR count). The fourth-order valence-electron chi connectivity index (χ4n) is 3.06. The predicted molar refractivity (Wildman–Crippen MR) is 97.6 cm³/mol. The van der Waals surface area contributed by atoms with Crippen molar-refractivity contribution in [3.63, 3.8) is 0 Å². The van der Waals surface area contributed by atoms with Crippen LogP contribution in [0.3, 0.4) is 0 Å². The second kappa shape index (κ2) is 7.95. The summed E-state index contributed by atoms with van der Waals surface area (Å²) in [6, 6.07) is 13.6. The molecule has 3 aromatic rings. The van der Waals surface area contributed by atoms with Crippen LogP contribution in [0.5, 0.6) is 0 Å². The topological polar surface area (TPSA) is 55.1 Å². The maximum atomic E-state index is 13.2. The molecule has 0 aliphatic carbocycles. The third-order valence-electron chi connectivity index (χ3n) is 4.22. The Morgan fingerprint density at radius 3 is 2.46 bits per heavy atom. The van der Waals surface area contributed by atoms with Crippen LogP contribution in [0.15, 0.2) is 59.2 Å². The Bertz CT molecular complexity index is 853. The highest BCUT2D eigenvalue weighted by atomic mass is 19.1. The van der Waals surface area contributed by atoms with E-state index in [0.717, 1.165) is 22.7 Å². The van der Waals surface area contributed by atoms with Crippen LogP contribution in [0.2, 0.25) is 0 Å². The second-order valence-corrected chi connectivity index (χ2v) is 6.30. The van der Waals surface area contributed by atoms with E-state index in [9.17, 15) is 9.18 Å². The van der Waals surface area contributed by atoms with Gasteiger partial charge in [-0.05, 0) is 62.2 Å². The fourth-order valence-corrected chi connectivity index (χ4v) is 3.06. The summed E-state index contributed by atoms with van der Waals surface area (Å²) in [6.45, 7) is 4.21. The number of rotatable bonds is 6. The molecule has 2 aromatic heterocycles. The third kappa shape index (κ3) is 4.36. The molecule has 1 unspecified atom stereocenters. The smallest absolute Gasteiger partial charge is 0.251 e. The zero-order valence-electron chi connectivity index (χ0n) is 14.8. The van der Waals surface area contributed by atoms with E-state index in [1.54, 1.807) is 30.5 Å². The number of halogens is 1. The average molecular weight is 352 g/mol. The highest BCUT2D eigenvalue weighted by Gasteiger charge is 2.17. The van der Waals surface area contributed by atoms with E-state index in [1.165, 1.54) is 12.1 Å². The standard InChI is InChI=1S/C21H21FN2O2/c1-14-12-17(13-15(2)24-14)21(25)23-10-9-19(20-4-3-11-26-20)16-5-7-18(22)8-6-16/h3-8,11-13,19H,9-10H2,1-2H3,(H,23,25). The maximum absolute atomic E-state index is 13.2. The number of aryl methyl sites for hydroxylation is 2. The van der Waals surface area contributed by atoms with E-state index < -0.39 is 0 Å². The van der Waals surface area contributed by atoms with Crippen LogP contribution in [0, 0.1) is 19.7 Å². The minimum absolute atomic E-state index is 0.0492. The summed E-state index contributed by atoms with van der Waals surface area (Å²) in [7, 11) is 0. The van der Waals surface area contributed by atoms with Crippen LogP contribution in [0.4, 0.5) is 4.39 Å². The first-order chi connectivity index (χ1) is 12.5. The van der Waals surface area contributed by atoms with Crippen molar-refractivity contribution in [1.29, 1.82) is 0 Å². The van der Waals surface area contributed by atoms with Gasteiger partial charge in [0.15, 0.2) is 0 Å². The molecule has 26 heavy (non-hydrogen) atoms. The number of aromatic nitrogens is 1. The Kier molecular flexibility index (Phi) is 5.46. The van der Waals surface area contributed by atoms with Gasteiger partial charge < -0.3 is 9.73 Å². The van der Waals surface area contributed by atoms with Gasteiger partial charge in [0.05, 0.1) is 6.26 Å².